The maximum Gasteiger partial charge on any atom is 0.0120 e. The van der Waals surface area contributed by atoms with Crippen molar-refractivity contribution in [2.24, 2.45) is 17.3 Å². The average Bonchev–Trinajstić information content (AvgIpc) is 2.61. The summed E-state index contributed by atoms with van der Waals surface area (Å²) in [6, 6.07) is 0.897. The molecule has 1 N–H and O–H groups in total. The van der Waals surface area contributed by atoms with E-state index in [1.54, 1.807) is 12.8 Å². The highest BCUT2D eigenvalue weighted by Gasteiger charge is 2.45. The maximum absolute atomic E-state index is 3.50. The number of nitrogens with one attached hydrogen (secondary N) is 1. The third kappa shape index (κ3) is 3.83. The maximum atomic E-state index is 3.50. The van der Waals surface area contributed by atoms with E-state index in [0.29, 0.717) is 0 Å². The van der Waals surface area contributed by atoms with Crippen molar-refractivity contribution in [1.82, 2.24) is 15.1 Å². The first-order chi connectivity index (χ1) is 11.8. The minimum Gasteiger partial charge on any atom is -0.317 e. The highest BCUT2D eigenvalue weighted by Crippen LogP contribution is 2.53. The molecule has 4 rings (SSSR count). The Balaban J connectivity index is 1.17. The normalized spacial score (nSPS) is 31.4. The SMILES string of the molecule is CCC1CC2(CCN(C3CCN(CC4CCNCC4)CC3)CC2)C1. The molecule has 3 heterocycles. The van der Waals surface area contributed by atoms with E-state index in [1.807, 2.05) is 0 Å². The molecule has 4 aliphatic rings. The van der Waals surface area contributed by atoms with Crippen molar-refractivity contribution in [3.05, 3.63) is 0 Å². The fourth-order valence-electron chi connectivity index (χ4n) is 6.12. The third-order valence-electron chi connectivity index (χ3n) is 7.93. The molecule has 1 saturated carbocycles. The van der Waals surface area contributed by atoms with Crippen LogP contribution in [-0.2, 0) is 0 Å². The Labute approximate surface area is 149 Å². The van der Waals surface area contributed by atoms with Crippen molar-refractivity contribution in [2.45, 2.75) is 70.8 Å². The lowest BCUT2D eigenvalue weighted by molar-refractivity contribution is -0.0332. The lowest BCUT2D eigenvalue weighted by atomic mass is 9.57. The van der Waals surface area contributed by atoms with Crippen LogP contribution in [0.3, 0.4) is 0 Å². The highest BCUT2D eigenvalue weighted by atomic mass is 15.2. The predicted octanol–water partition coefficient (Wildman–Crippen LogP) is 3.35. The Morgan fingerprint density at radius 1 is 0.875 bits per heavy atom. The Hall–Kier alpha value is -0.120. The van der Waals surface area contributed by atoms with Crippen LogP contribution in [0.2, 0.25) is 0 Å². The minimum atomic E-state index is 0.785. The molecule has 0 amide bonds. The molecule has 0 radical (unpaired) electrons. The largest absolute Gasteiger partial charge is 0.317 e. The van der Waals surface area contributed by atoms with Gasteiger partial charge >= 0.3 is 0 Å². The van der Waals surface area contributed by atoms with Gasteiger partial charge in [-0.3, -0.25) is 0 Å². The van der Waals surface area contributed by atoms with Crippen LogP contribution in [-0.4, -0.2) is 61.7 Å². The second kappa shape index (κ2) is 7.63. The quantitative estimate of drug-likeness (QED) is 0.851. The van der Waals surface area contributed by atoms with Gasteiger partial charge in [-0.15, -0.1) is 0 Å². The molecule has 3 nitrogen and oxygen atoms in total. The standard InChI is InChI=1S/C21H39N3/c1-2-18-15-21(16-18)7-13-24(14-8-21)20-5-11-23(12-6-20)17-19-3-9-22-10-4-19/h18-20,22H,2-17H2,1H3. The summed E-state index contributed by atoms with van der Waals surface area (Å²) in [5, 5.41) is 3.50. The van der Waals surface area contributed by atoms with Gasteiger partial charge in [-0.25, -0.2) is 0 Å². The molecule has 0 aromatic rings. The molecule has 24 heavy (non-hydrogen) atoms. The Bertz CT molecular complexity index is 380. The van der Waals surface area contributed by atoms with Crippen LogP contribution in [0.25, 0.3) is 0 Å². The summed E-state index contributed by atoms with van der Waals surface area (Å²) in [6.45, 7) is 11.7. The Morgan fingerprint density at radius 3 is 2.17 bits per heavy atom. The fourth-order valence-corrected chi connectivity index (χ4v) is 6.12. The molecule has 3 aliphatic heterocycles. The molecule has 0 aromatic heterocycles. The molecule has 1 aliphatic carbocycles. The van der Waals surface area contributed by atoms with E-state index in [1.165, 1.54) is 90.8 Å². The van der Waals surface area contributed by atoms with Crippen molar-refractivity contribution < 1.29 is 0 Å². The third-order valence-corrected chi connectivity index (χ3v) is 7.93. The summed E-state index contributed by atoms with van der Waals surface area (Å²) in [6.07, 6.45) is 13.2. The van der Waals surface area contributed by atoms with Gasteiger partial charge in [-0.2, -0.15) is 0 Å². The second-order valence-corrected chi connectivity index (χ2v) is 9.44. The number of nitrogens with zero attached hydrogens (tertiary/aromatic N) is 2. The van der Waals surface area contributed by atoms with E-state index in [4.69, 9.17) is 0 Å². The Morgan fingerprint density at radius 2 is 1.54 bits per heavy atom. The van der Waals surface area contributed by atoms with Gasteiger partial charge in [-0.05, 0) is 108 Å². The molecular formula is C21H39N3. The van der Waals surface area contributed by atoms with Crippen molar-refractivity contribution >= 4 is 0 Å². The van der Waals surface area contributed by atoms with E-state index in [0.717, 1.165) is 23.3 Å². The molecule has 1 spiro atoms. The van der Waals surface area contributed by atoms with Crippen LogP contribution < -0.4 is 5.32 Å². The van der Waals surface area contributed by atoms with Crippen molar-refractivity contribution in [2.75, 3.05) is 45.8 Å². The number of hydrogen-bond donors (Lipinski definition) is 1. The van der Waals surface area contributed by atoms with Gasteiger partial charge in [0.2, 0.25) is 0 Å². The monoisotopic (exact) mass is 333 g/mol. The van der Waals surface area contributed by atoms with Crippen LogP contribution in [0.1, 0.15) is 64.7 Å². The molecule has 3 heteroatoms. The predicted molar refractivity (Wildman–Crippen MR) is 101 cm³/mol. The van der Waals surface area contributed by atoms with Gasteiger partial charge in [0.15, 0.2) is 0 Å². The summed E-state index contributed by atoms with van der Waals surface area (Å²) in [5.41, 5.74) is 0.785. The summed E-state index contributed by atoms with van der Waals surface area (Å²) >= 11 is 0. The highest BCUT2D eigenvalue weighted by molar-refractivity contribution is 4.97. The van der Waals surface area contributed by atoms with Crippen LogP contribution in [0.5, 0.6) is 0 Å². The van der Waals surface area contributed by atoms with Gasteiger partial charge in [-0.1, -0.05) is 13.3 Å². The number of piperidine rings is 3. The van der Waals surface area contributed by atoms with E-state index < -0.39 is 0 Å². The van der Waals surface area contributed by atoms with Gasteiger partial charge < -0.3 is 15.1 Å². The van der Waals surface area contributed by atoms with E-state index in [-0.39, 0.29) is 0 Å². The van der Waals surface area contributed by atoms with Crippen LogP contribution in [0, 0.1) is 17.3 Å². The topological polar surface area (TPSA) is 18.5 Å². The van der Waals surface area contributed by atoms with E-state index >= 15 is 0 Å². The molecule has 0 aromatic carbocycles. The molecule has 138 valence electrons. The number of likely N-dealkylation sites (tertiary alicyclic amines) is 2. The summed E-state index contributed by atoms with van der Waals surface area (Å²) in [5.74, 6) is 2.03. The zero-order valence-corrected chi connectivity index (χ0v) is 15.9. The molecule has 4 fully saturated rings. The van der Waals surface area contributed by atoms with Crippen molar-refractivity contribution in [3.63, 3.8) is 0 Å². The van der Waals surface area contributed by atoms with Crippen LogP contribution in [0.15, 0.2) is 0 Å². The Kier molecular flexibility index (Phi) is 5.50. The number of hydrogen-bond acceptors (Lipinski definition) is 3. The van der Waals surface area contributed by atoms with Gasteiger partial charge in [0.25, 0.3) is 0 Å². The van der Waals surface area contributed by atoms with E-state index in [9.17, 15) is 0 Å². The van der Waals surface area contributed by atoms with Gasteiger partial charge in [0, 0.05) is 12.6 Å². The average molecular weight is 334 g/mol. The summed E-state index contributed by atoms with van der Waals surface area (Å²) in [4.78, 5) is 5.64. The lowest BCUT2D eigenvalue weighted by Gasteiger charge is -2.54. The van der Waals surface area contributed by atoms with Crippen molar-refractivity contribution in [3.8, 4) is 0 Å². The second-order valence-electron chi connectivity index (χ2n) is 9.44. The van der Waals surface area contributed by atoms with Gasteiger partial charge in [0.05, 0.1) is 0 Å². The minimum absolute atomic E-state index is 0.785. The zero-order valence-electron chi connectivity index (χ0n) is 15.9. The first-order valence-electron chi connectivity index (χ1n) is 10.9. The first-order valence-corrected chi connectivity index (χ1v) is 10.9. The summed E-state index contributed by atoms with van der Waals surface area (Å²) < 4.78 is 0. The smallest absolute Gasteiger partial charge is 0.0120 e. The van der Waals surface area contributed by atoms with Crippen LogP contribution in [0.4, 0.5) is 0 Å². The molecular weight excluding hydrogens is 294 g/mol. The number of rotatable bonds is 4. The first kappa shape index (κ1) is 17.3. The van der Waals surface area contributed by atoms with Crippen LogP contribution >= 0.6 is 0 Å². The fraction of sp³-hybridized carbons (Fsp3) is 1.00. The van der Waals surface area contributed by atoms with E-state index in [2.05, 4.69) is 22.0 Å². The van der Waals surface area contributed by atoms with Crippen molar-refractivity contribution in [1.29, 1.82) is 0 Å². The molecule has 0 bridgehead atoms. The molecule has 0 unspecified atom stereocenters. The zero-order chi connectivity index (χ0) is 16.4. The summed E-state index contributed by atoms with van der Waals surface area (Å²) in [7, 11) is 0. The molecule has 0 atom stereocenters. The van der Waals surface area contributed by atoms with Gasteiger partial charge in [0.1, 0.15) is 0 Å². The lowest BCUT2D eigenvalue weighted by Crippen LogP contribution is -2.52. The molecule has 3 saturated heterocycles.